The van der Waals surface area contributed by atoms with E-state index in [4.69, 9.17) is 4.98 Å². The highest BCUT2D eigenvalue weighted by atomic mass is 19.1. The van der Waals surface area contributed by atoms with Crippen molar-refractivity contribution < 1.29 is 9.18 Å². The van der Waals surface area contributed by atoms with Crippen molar-refractivity contribution in [3.05, 3.63) is 53.6 Å². The summed E-state index contributed by atoms with van der Waals surface area (Å²) in [6, 6.07) is 10.7. The van der Waals surface area contributed by atoms with Crippen molar-refractivity contribution >= 4 is 5.91 Å². The number of hydrogen-bond acceptors (Lipinski definition) is 2. The number of carbonyl (C=O) groups is 1. The number of halogens is 1. The fourth-order valence-electron chi connectivity index (χ4n) is 3.53. The molecular weight excluding hydrogens is 315 g/mol. The fourth-order valence-corrected chi connectivity index (χ4v) is 3.53. The lowest BCUT2D eigenvalue weighted by Gasteiger charge is -2.33. The van der Waals surface area contributed by atoms with Gasteiger partial charge < -0.3 is 4.90 Å². The molecule has 0 spiro atoms. The molecule has 1 atom stereocenters. The average Bonchev–Trinajstić information content (AvgIpc) is 2.62. The third-order valence-corrected chi connectivity index (χ3v) is 4.81. The standard InChI is InChI=1S/C21H25FN2O/c1-3-5-21(25)24-11-4-6-17(14-24)20-13-18(12-15(2)23-20)16-7-9-19(22)10-8-16/h7-10,12-13,17H,3-6,11,14H2,1-2H3. The predicted molar refractivity (Wildman–Crippen MR) is 97.8 cm³/mol. The smallest absolute Gasteiger partial charge is 0.222 e. The van der Waals surface area contributed by atoms with E-state index >= 15 is 0 Å². The van der Waals surface area contributed by atoms with Crippen LogP contribution in [0.2, 0.25) is 0 Å². The average molecular weight is 340 g/mol. The van der Waals surface area contributed by atoms with E-state index in [2.05, 4.69) is 6.07 Å². The molecule has 1 aliphatic rings. The van der Waals surface area contributed by atoms with Gasteiger partial charge in [0.15, 0.2) is 0 Å². The Bertz CT molecular complexity index is 742. The first kappa shape index (κ1) is 17.6. The fraction of sp³-hybridized carbons (Fsp3) is 0.429. The summed E-state index contributed by atoms with van der Waals surface area (Å²) < 4.78 is 13.2. The number of benzene rings is 1. The van der Waals surface area contributed by atoms with E-state index < -0.39 is 0 Å². The number of amides is 1. The lowest BCUT2D eigenvalue weighted by molar-refractivity contribution is -0.132. The second-order valence-electron chi connectivity index (χ2n) is 6.86. The van der Waals surface area contributed by atoms with Gasteiger partial charge in [-0.05, 0) is 61.6 Å². The molecule has 1 aromatic heterocycles. The normalized spacial score (nSPS) is 17.6. The summed E-state index contributed by atoms with van der Waals surface area (Å²) in [7, 11) is 0. The Labute approximate surface area is 148 Å². The zero-order valence-corrected chi connectivity index (χ0v) is 15.0. The molecule has 2 aromatic rings. The van der Waals surface area contributed by atoms with Crippen LogP contribution in [0.15, 0.2) is 36.4 Å². The highest BCUT2D eigenvalue weighted by Crippen LogP contribution is 2.30. The van der Waals surface area contributed by atoms with E-state index in [1.807, 2.05) is 24.8 Å². The predicted octanol–water partition coefficient (Wildman–Crippen LogP) is 4.70. The number of aromatic nitrogens is 1. The van der Waals surface area contributed by atoms with E-state index in [0.29, 0.717) is 6.42 Å². The van der Waals surface area contributed by atoms with Gasteiger partial charge in [-0.15, -0.1) is 0 Å². The Morgan fingerprint density at radius 2 is 2.00 bits per heavy atom. The number of nitrogens with zero attached hydrogens (tertiary/aromatic N) is 2. The number of carbonyl (C=O) groups excluding carboxylic acids is 1. The van der Waals surface area contributed by atoms with E-state index in [0.717, 1.165) is 54.9 Å². The summed E-state index contributed by atoms with van der Waals surface area (Å²) in [5.41, 5.74) is 4.03. The zero-order valence-electron chi connectivity index (χ0n) is 15.0. The third-order valence-electron chi connectivity index (χ3n) is 4.81. The molecule has 1 unspecified atom stereocenters. The summed E-state index contributed by atoms with van der Waals surface area (Å²) in [5, 5.41) is 0. The first-order valence-corrected chi connectivity index (χ1v) is 9.09. The van der Waals surface area contributed by atoms with Crippen molar-refractivity contribution in [2.45, 2.75) is 45.4 Å². The topological polar surface area (TPSA) is 33.2 Å². The van der Waals surface area contributed by atoms with E-state index in [1.165, 1.54) is 12.1 Å². The summed E-state index contributed by atoms with van der Waals surface area (Å²) in [4.78, 5) is 18.9. The third kappa shape index (κ3) is 4.25. The lowest BCUT2D eigenvalue weighted by Crippen LogP contribution is -2.39. The second kappa shape index (κ2) is 7.77. The molecule has 1 aliphatic heterocycles. The maximum atomic E-state index is 13.2. The molecule has 0 radical (unpaired) electrons. The minimum Gasteiger partial charge on any atom is -0.342 e. The van der Waals surface area contributed by atoms with Gasteiger partial charge in [0.1, 0.15) is 5.82 Å². The number of pyridine rings is 1. The van der Waals surface area contributed by atoms with Gasteiger partial charge in [0, 0.05) is 36.8 Å². The maximum Gasteiger partial charge on any atom is 0.222 e. The van der Waals surface area contributed by atoms with Gasteiger partial charge in [0.05, 0.1) is 0 Å². The Morgan fingerprint density at radius 3 is 2.72 bits per heavy atom. The van der Waals surface area contributed by atoms with Gasteiger partial charge >= 0.3 is 0 Å². The molecule has 1 aromatic carbocycles. The molecule has 0 N–H and O–H groups in total. The van der Waals surface area contributed by atoms with E-state index in [9.17, 15) is 9.18 Å². The van der Waals surface area contributed by atoms with Gasteiger partial charge in [0.25, 0.3) is 0 Å². The van der Waals surface area contributed by atoms with Crippen LogP contribution in [-0.2, 0) is 4.79 Å². The maximum absolute atomic E-state index is 13.2. The van der Waals surface area contributed by atoms with Crippen LogP contribution in [0, 0.1) is 12.7 Å². The molecule has 3 nitrogen and oxygen atoms in total. The Hall–Kier alpha value is -2.23. The molecule has 2 heterocycles. The highest BCUT2D eigenvalue weighted by Gasteiger charge is 2.25. The van der Waals surface area contributed by atoms with Crippen LogP contribution in [0.1, 0.15) is 49.9 Å². The van der Waals surface area contributed by atoms with Crippen LogP contribution in [-0.4, -0.2) is 28.9 Å². The van der Waals surface area contributed by atoms with Crippen molar-refractivity contribution in [3.63, 3.8) is 0 Å². The molecule has 1 fully saturated rings. The van der Waals surface area contributed by atoms with Crippen molar-refractivity contribution in [2.75, 3.05) is 13.1 Å². The van der Waals surface area contributed by atoms with Gasteiger partial charge in [-0.3, -0.25) is 9.78 Å². The molecule has 25 heavy (non-hydrogen) atoms. The molecule has 0 bridgehead atoms. The molecule has 1 saturated heterocycles. The Kier molecular flexibility index (Phi) is 5.47. The van der Waals surface area contributed by atoms with Gasteiger partial charge in [-0.2, -0.15) is 0 Å². The highest BCUT2D eigenvalue weighted by molar-refractivity contribution is 5.76. The molecule has 4 heteroatoms. The van der Waals surface area contributed by atoms with Gasteiger partial charge in [-0.1, -0.05) is 19.1 Å². The summed E-state index contributed by atoms with van der Waals surface area (Å²) >= 11 is 0. The van der Waals surface area contributed by atoms with Crippen LogP contribution >= 0.6 is 0 Å². The van der Waals surface area contributed by atoms with Crippen molar-refractivity contribution in [3.8, 4) is 11.1 Å². The van der Waals surface area contributed by atoms with Crippen molar-refractivity contribution in [1.29, 1.82) is 0 Å². The first-order chi connectivity index (χ1) is 12.1. The Morgan fingerprint density at radius 1 is 1.24 bits per heavy atom. The molecule has 0 aliphatic carbocycles. The monoisotopic (exact) mass is 340 g/mol. The zero-order chi connectivity index (χ0) is 17.8. The van der Waals surface area contributed by atoms with Gasteiger partial charge in [0.2, 0.25) is 5.91 Å². The van der Waals surface area contributed by atoms with Crippen LogP contribution in [0.25, 0.3) is 11.1 Å². The lowest BCUT2D eigenvalue weighted by atomic mass is 9.92. The van der Waals surface area contributed by atoms with Crippen molar-refractivity contribution in [1.82, 2.24) is 9.88 Å². The summed E-state index contributed by atoms with van der Waals surface area (Å²) in [5.74, 6) is 0.291. The minimum atomic E-state index is -0.230. The van der Waals surface area contributed by atoms with Gasteiger partial charge in [-0.25, -0.2) is 4.39 Å². The largest absolute Gasteiger partial charge is 0.342 e. The number of piperidine rings is 1. The van der Waals surface area contributed by atoms with Crippen LogP contribution in [0.3, 0.4) is 0 Å². The van der Waals surface area contributed by atoms with Crippen LogP contribution < -0.4 is 0 Å². The molecule has 0 saturated carbocycles. The molecular formula is C21H25FN2O. The number of aryl methyl sites for hydroxylation is 1. The van der Waals surface area contributed by atoms with Crippen molar-refractivity contribution in [2.24, 2.45) is 0 Å². The van der Waals surface area contributed by atoms with E-state index in [1.54, 1.807) is 12.1 Å². The second-order valence-corrected chi connectivity index (χ2v) is 6.86. The number of rotatable bonds is 4. The summed E-state index contributed by atoms with van der Waals surface area (Å²) in [6.07, 6.45) is 3.57. The molecule has 132 valence electrons. The minimum absolute atomic E-state index is 0.230. The quantitative estimate of drug-likeness (QED) is 0.808. The first-order valence-electron chi connectivity index (χ1n) is 9.09. The molecule has 1 amide bonds. The van der Waals surface area contributed by atoms with Crippen LogP contribution in [0.5, 0.6) is 0 Å². The van der Waals surface area contributed by atoms with E-state index in [-0.39, 0.29) is 17.6 Å². The number of hydrogen-bond donors (Lipinski definition) is 0. The molecule has 3 rings (SSSR count). The van der Waals surface area contributed by atoms with Crippen LogP contribution in [0.4, 0.5) is 4.39 Å². The Balaban J connectivity index is 1.84. The number of likely N-dealkylation sites (tertiary alicyclic amines) is 1. The SMILES string of the molecule is CCCC(=O)N1CCCC(c2cc(-c3ccc(F)cc3)cc(C)n2)C1. The summed E-state index contributed by atoms with van der Waals surface area (Å²) in [6.45, 7) is 5.62.